The number of nitrogens with one attached hydrogen (secondary N) is 1. The normalized spacial score (nSPS) is 12.4. The highest BCUT2D eigenvalue weighted by Gasteiger charge is 2.28. The summed E-state index contributed by atoms with van der Waals surface area (Å²) < 4.78 is 6.69. The van der Waals surface area contributed by atoms with E-state index in [0.717, 1.165) is 0 Å². The fourth-order valence-corrected chi connectivity index (χ4v) is 2.54. The fraction of sp³-hybridized carbons (Fsp3) is 0.611. The lowest BCUT2D eigenvalue weighted by Crippen LogP contribution is -2.46. The van der Waals surface area contributed by atoms with Crippen molar-refractivity contribution in [3.05, 3.63) is 33.5 Å². The van der Waals surface area contributed by atoms with E-state index >= 15 is 0 Å². The van der Waals surface area contributed by atoms with Crippen LogP contribution in [-0.4, -0.2) is 34.7 Å². The van der Waals surface area contributed by atoms with Gasteiger partial charge in [0.1, 0.15) is 11.9 Å². The third-order valence-electron chi connectivity index (χ3n) is 3.66. The molecule has 8 heteroatoms. The minimum atomic E-state index is -0.781. The number of nitrogens with zero attached hydrogens (tertiary/aromatic N) is 2. The molecule has 0 aromatic carbocycles. The summed E-state index contributed by atoms with van der Waals surface area (Å²) >= 11 is 0. The molecule has 146 valence electrons. The summed E-state index contributed by atoms with van der Waals surface area (Å²) in [5, 5.41) is 0. The zero-order valence-corrected chi connectivity index (χ0v) is 16.2. The molecule has 26 heavy (non-hydrogen) atoms. The van der Waals surface area contributed by atoms with Gasteiger partial charge in [0.2, 0.25) is 0 Å². The van der Waals surface area contributed by atoms with E-state index in [1.165, 1.54) is 9.47 Å². The van der Waals surface area contributed by atoms with Crippen molar-refractivity contribution < 1.29 is 9.53 Å². The van der Waals surface area contributed by atoms with Crippen molar-refractivity contribution in [2.75, 3.05) is 23.8 Å². The molecular weight excluding hydrogens is 336 g/mol. The van der Waals surface area contributed by atoms with Crippen molar-refractivity contribution in [3.8, 4) is 0 Å². The molecule has 1 aromatic rings. The number of nitrogen functional groups attached to an aromatic ring is 1. The predicted octanol–water partition coefficient (Wildman–Crippen LogP) is 1.35. The number of hydrogen-bond acceptors (Lipinski definition) is 5. The molecule has 0 aliphatic carbocycles. The lowest BCUT2D eigenvalue weighted by atomic mass is 10.1. The number of carbonyl (C=O) groups excluding carboxylic acids is 1. The second-order valence-corrected chi connectivity index (χ2v) is 7.10. The van der Waals surface area contributed by atoms with Crippen molar-refractivity contribution in [1.82, 2.24) is 9.55 Å². The summed E-state index contributed by atoms with van der Waals surface area (Å²) in [7, 11) is 0. The van der Waals surface area contributed by atoms with E-state index in [2.05, 4.69) is 11.6 Å². The van der Waals surface area contributed by atoms with Crippen LogP contribution in [0, 0.1) is 11.8 Å². The first-order valence-corrected chi connectivity index (χ1v) is 8.76. The number of amides is 1. The molecule has 0 bridgehead atoms. The van der Waals surface area contributed by atoms with Crippen molar-refractivity contribution in [1.29, 1.82) is 0 Å². The van der Waals surface area contributed by atoms with Gasteiger partial charge in [-0.25, -0.2) is 4.79 Å². The highest BCUT2D eigenvalue weighted by molar-refractivity contribution is 5.98. The lowest BCUT2D eigenvalue weighted by Gasteiger charge is -2.28. The Bertz CT molecular complexity index is 749. The maximum atomic E-state index is 12.9. The molecule has 0 aliphatic rings. The number of rotatable bonds is 9. The number of ether oxygens (including phenoxy) is 1. The topological polar surface area (TPSA) is 110 Å². The molecule has 0 saturated carbocycles. The third-order valence-corrected chi connectivity index (χ3v) is 3.66. The van der Waals surface area contributed by atoms with E-state index in [1.54, 1.807) is 13.0 Å². The van der Waals surface area contributed by atoms with E-state index in [0.29, 0.717) is 6.54 Å². The Morgan fingerprint density at radius 2 is 1.88 bits per heavy atom. The molecule has 0 radical (unpaired) electrons. The van der Waals surface area contributed by atoms with Crippen LogP contribution in [-0.2, 0) is 16.1 Å². The predicted molar refractivity (Wildman–Crippen MR) is 103 cm³/mol. The molecule has 3 N–H and O–H groups in total. The Morgan fingerprint density at radius 1 is 1.27 bits per heavy atom. The Kier molecular flexibility index (Phi) is 7.82. The number of nitrogens with two attached hydrogens (primary N) is 1. The average Bonchev–Trinajstić information content (AvgIpc) is 2.54. The summed E-state index contributed by atoms with van der Waals surface area (Å²) in [6, 6.07) is 0. The molecular formula is C18H30N4O4. The second-order valence-electron chi connectivity index (χ2n) is 7.10. The van der Waals surface area contributed by atoms with Gasteiger partial charge in [-0.1, -0.05) is 33.8 Å². The first kappa shape index (κ1) is 21.7. The van der Waals surface area contributed by atoms with Crippen LogP contribution in [0.5, 0.6) is 0 Å². The van der Waals surface area contributed by atoms with E-state index in [-0.39, 0.29) is 36.5 Å². The second kappa shape index (κ2) is 9.38. The molecule has 0 saturated heterocycles. The SMILES string of the molecule is C=CCOC(C)C(=O)N(CC(C)C)c1c(N)n(CC(C)C)c(=O)[nH]c1=O. The van der Waals surface area contributed by atoms with Gasteiger partial charge >= 0.3 is 5.69 Å². The summed E-state index contributed by atoms with van der Waals surface area (Å²) in [5.41, 5.74) is 4.86. The van der Waals surface area contributed by atoms with Crippen molar-refractivity contribution in [2.45, 2.75) is 47.3 Å². The molecule has 1 amide bonds. The van der Waals surface area contributed by atoms with Gasteiger partial charge in [0.05, 0.1) is 6.61 Å². The van der Waals surface area contributed by atoms with Gasteiger partial charge in [-0.05, 0) is 18.8 Å². The number of hydrogen-bond donors (Lipinski definition) is 2. The molecule has 1 rings (SSSR count). The van der Waals surface area contributed by atoms with Crippen LogP contribution in [0.4, 0.5) is 11.5 Å². The maximum absolute atomic E-state index is 12.9. The number of H-pyrrole nitrogens is 1. The van der Waals surface area contributed by atoms with Crippen molar-refractivity contribution in [3.63, 3.8) is 0 Å². The zero-order chi connectivity index (χ0) is 20.0. The Hall–Kier alpha value is -2.35. The van der Waals surface area contributed by atoms with Gasteiger partial charge in [-0.2, -0.15) is 0 Å². The monoisotopic (exact) mass is 366 g/mol. The molecule has 1 aromatic heterocycles. The van der Waals surface area contributed by atoms with E-state index in [9.17, 15) is 14.4 Å². The van der Waals surface area contributed by atoms with Gasteiger partial charge in [-0.3, -0.25) is 19.1 Å². The molecule has 8 nitrogen and oxygen atoms in total. The molecule has 1 heterocycles. The molecule has 0 fully saturated rings. The molecule has 1 atom stereocenters. The average molecular weight is 366 g/mol. The minimum Gasteiger partial charge on any atom is -0.383 e. The molecule has 0 spiro atoms. The number of aromatic nitrogens is 2. The highest BCUT2D eigenvalue weighted by Crippen LogP contribution is 2.20. The van der Waals surface area contributed by atoms with Crippen molar-refractivity contribution in [2.24, 2.45) is 11.8 Å². The van der Waals surface area contributed by atoms with Crippen LogP contribution in [0.15, 0.2) is 22.2 Å². The standard InChI is InChI=1S/C18H30N4O4/c1-7-8-26-13(6)17(24)21(9-11(2)3)14-15(19)22(10-12(4)5)18(25)20-16(14)23/h7,11-13H,1,8-10,19H2,2-6H3,(H,20,23,25). The van der Waals surface area contributed by atoms with Gasteiger partial charge < -0.3 is 15.4 Å². The summed E-state index contributed by atoms with van der Waals surface area (Å²) in [6.07, 6.45) is 0.761. The Balaban J connectivity index is 3.46. The Morgan fingerprint density at radius 3 is 2.38 bits per heavy atom. The number of aromatic amines is 1. The quantitative estimate of drug-likeness (QED) is 0.641. The zero-order valence-electron chi connectivity index (χ0n) is 16.2. The summed E-state index contributed by atoms with van der Waals surface area (Å²) in [4.78, 5) is 41.0. The highest BCUT2D eigenvalue weighted by atomic mass is 16.5. The van der Waals surface area contributed by atoms with Crippen molar-refractivity contribution >= 4 is 17.4 Å². The largest absolute Gasteiger partial charge is 0.383 e. The Labute approximate surface area is 153 Å². The van der Waals surface area contributed by atoms with Gasteiger partial charge in [0.15, 0.2) is 5.69 Å². The van der Waals surface area contributed by atoms with Crippen LogP contribution in [0.3, 0.4) is 0 Å². The number of carbonyl (C=O) groups is 1. The van der Waals surface area contributed by atoms with E-state index < -0.39 is 23.3 Å². The van der Waals surface area contributed by atoms with E-state index in [4.69, 9.17) is 10.5 Å². The van der Waals surface area contributed by atoms with Crippen LogP contribution in [0.25, 0.3) is 0 Å². The van der Waals surface area contributed by atoms with Gasteiger partial charge in [0, 0.05) is 13.1 Å². The number of anilines is 2. The minimum absolute atomic E-state index is 0.0157. The first-order valence-electron chi connectivity index (χ1n) is 8.76. The smallest absolute Gasteiger partial charge is 0.330 e. The summed E-state index contributed by atoms with van der Waals surface area (Å²) in [6.45, 7) is 13.7. The van der Waals surface area contributed by atoms with Crippen LogP contribution >= 0.6 is 0 Å². The van der Waals surface area contributed by atoms with Crippen LogP contribution in [0.1, 0.15) is 34.6 Å². The summed E-state index contributed by atoms with van der Waals surface area (Å²) in [5.74, 6) is -0.197. The first-order chi connectivity index (χ1) is 12.1. The van der Waals surface area contributed by atoms with Gasteiger partial charge in [0.25, 0.3) is 11.5 Å². The van der Waals surface area contributed by atoms with Gasteiger partial charge in [-0.15, -0.1) is 6.58 Å². The molecule has 1 unspecified atom stereocenters. The van der Waals surface area contributed by atoms with E-state index in [1.807, 2.05) is 27.7 Å². The fourth-order valence-electron chi connectivity index (χ4n) is 2.54. The third kappa shape index (κ3) is 5.32. The lowest BCUT2D eigenvalue weighted by molar-refractivity contribution is -0.128. The van der Waals surface area contributed by atoms with Crippen LogP contribution in [0.2, 0.25) is 0 Å². The maximum Gasteiger partial charge on any atom is 0.330 e. The van der Waals surface area contributed by atoms with Crippen LogP contribution < -0.4 is 21.9 Å². The molecule has 0 aliphatic heterocycles.